The van der Waals surface area contributed by atoms with Crippen molar-refractivity contribution in [1.29, 1.82) is 0 Å². The van der Waals surface area contributed by atoms with Crippen LogP contribution in [0.1, 0.15) is 47.1 Å². The third kappa shape index (κ3) is 4.24. The number of carbonyl (C=O) groups is 1. The molecule has 2 aromatic carbocycles. The maximum absolute atomic E-state index is 12.6. The Hall–Kier alpha value is -3.60. The minimum absolute atomic E-state index is 0.259. The molecule has 4 aromatic rings. The van der Waals surface area contributed by atoms with Crippen molar-refractivity contribution in [3.63, 3.8) is 0 Å². The molecule has 3 N–H and O–H groups in total. The summed E-state index contributed by atoms with van der Waals surface area (Å²) >= 11 is 0. The molecule has 164 valence electrons. The van der Waals surface area contributed by atoms with Crippen LogP contribution in [-0.2, 0) is 19.4 Å². The lowest BCUT2D eigenvalue weighted by Crippen LogP contribution is -2.14. The highest BCUT2D eigenvalue weighted by Crippen LogP contribution is 2.34. The fraction of sp³-hybridized carbons (Fsp3) is 0.259. The molecular weight excluding hydrogens is 398 g/mol. The van der Waals surface area contributed by atoms with Crippen molar-refractivity contribution >= 4 is 16.8 Å². The van der Waals surface area contributed by atoms with Crippen LogP contribution in [0.25, 0.3) is 22.2 Å². The summed E-state index contributed by atoms with van der Waals surface area (Å²) in [5, 5.41) is 10.6. The molecule has 2 aromatic heterocycles. The van der Waals surface area contributed by atoms with Gasteiger partial charge in [-0.3, -0.25) is 4.79 Å². The Balaban J connectivity index is 1.83. The van der Waals surface area contributed by atoms with E-state index in [0.717, 1.165) is 71.3 Å². The number of nitrogens with zero attached hydrogens (tertiary/aromatic N) is 2. The molecular formula is C27H29N3O2. The van der Waals surface area contributed by atoms with E-state index in [4.69, 9.17) is 10.7 Å². The van der Waals surface area contributed by atoms with Gasteiger partial charge in [0.05, 0.1) is 16.8 Å². The second-order valence-corrected chi connectivity index (χ2v) is 8.21. The van der Waals surface area contributed by atoms with Crippen LogP contribution in [0.5, 0.6) is 5.75 Å². The lowest BCUT2D eigenvalue weighted by Gasteiger charge is -2.13. The average molecular weight is 428 g/mol. The smallest absolute Gasteiger partial charge is 0.251 e. The Morgan fingerprint density at radius 1 is 1.03 bits per heavy atom. The fourth-order valence-corrected chi connectivity index (χ4v) is 4.39. The molecule has 2 heterocycles. The molecule has 0 fully saturated rings. The number of phenolic OH excluding ortho intramolecular Hbond substituents is 1. The number of hydrogen-bond donors (Lipinski definition) is 2. The number of nitrogens with two attached hydrogens (primary N) is 1. The number of para-hydroxylation sites is 1. The molecule has 0 saturated heterocycles. The Morgan fingerprint density at radius 3 is 2.50 bits per heavy atom. The molecule has 5 nitrogen and oxygen atoms in total. The number of aromatic nitrogens is 2. The molecule has 32 heavy (non-hydrogen) atoms. The largest absolute Gasteiger partial charge is 0.508 e. The van der Waals surface area contributed by atoms with Gasteiger partial charge in [0.25, 0.3) is 5.91 Å². The molecule has 0 aliphatic carbocycles. The summed E-state index contributed by atoms with van der Waals surface area (Å²) in [7, 11) is 0. The molecule has 1 amide bonds. The van der Waals surface area contributed by atoms with Crippen molar-refractivity contribution in [1.82, 2.24) is 9.55 Å². The van der Waals surface area contributed by atoms with E-state index in [1.807, 2.05) is 49.4 Å². The molecule has 0 atom stereocenters. The summed E-state index contributed by atoms with van der Waals surface area (Å²) in [6, 6.07) is 19.3. The first-order valence-electron chi connectivity index (χ1n) is 11.2. The van der Waals surface area contributed by atoms with E-state index in [0.29, 0.717) is 5.56 Å². The summed E-state index contributed by atoms with van der Waals surface area (Å²) in [5.74, 6) is -0.163. The minimum atomic E-state index is -0.423. The van der Waals surface area contributed by atoms with Crippen LogP contribution in [0, 0.1) is 6.92 Å². The van der Waals surface area contributed by atoms with Crippen LogP contribution >= 0.6 is 0 Å². The zero-order chi connectivity index (χ0) is 22.7. The number of amides is 1. The molecule has 0 aliphatic heterocycles. The minimum Gasteiger partial charge on any atom is -0.508 e. The number of unbranched alkanes of at least 4 members (excludes halogenated alkanes) is 1. The number of hydrogen-bond acceptors (Lipinski definition) is 3. The second kappa shape index (κ2) is 9.27. The van der Waals surface area contributed by atoms with Crippen LogP contribution in [0.15, 0.2) is 60.7 Å². The van der Waals surface area contributed by atoms with Crippen LogP contribution in [0.4, 0.5) is 0 Å². The van der Waals surface area contributed by atoms with E-state index in [-0.39, 0.29) is 5.75 Å². The van der Waals surface area contributed by atoms with Crippen LogP contribution in [-0.4, -0.2) is 20.6 Å². The van der Waals surface area contributed by atoms with Crippen molar-refractivity contribution in [2.24, 2.45) is 5.73 Å². The number of pyridine rings is 1. The fourth-order valence-electron chi connectivity index (χ4n) is 4.39. The van der Waals surface area contributed by atoms with Gasteiger partial charge in [0.1, 0.15) is 5.75 Å². The SMILES string of the molecule is CCCCc1c(-c2ccc3ccccc3n2)c(C(N)=O)c(C)n1CCc1ccc(O)cc1. The van der Waals surface area contributed by atoms with Gasteiger partial charge in [-0.15, -0.1) is 0 Å². The Kier molecular flexibility index (Phi) is 6.26. The number of aryl methyl sites for hydroxylation is 1. The van der Waals surface area contributed by atoms with Crippen LogP contribution < -0.4 is 5.73 Å². The summed E-state index contributed by atoms with van der Waals surface area (Å²) in [6.45, 7) is 4.86. The zero-order valence-corrected chi connectivity index (χ0v) is 18.6. The number of primary amides is 1. The van der Waals surface area contributed by atoms with Gasteiger partial charge in [-0.1, -0.05) is 49.7 Å². The lowest BCUT2D eigenvalue weighted by molar-refractivity contribution is 0.1000. The van der Waals surface area contributed by atoms with Gasteiger partial charge in [-0.25, -0.2) is 4.98 Å². The topological polar surface area (TPSA) is 81.1 Å². The third-order valence-electron chi connectivity index (χ3n) is 6.06. The van der Waals surface area contributed by atoms with E-state index in [2.05, 4.69) is 17.6 Å². The van der Waals surface area contributed by atoms with Gasteiger partial charge in [0.2, 0.25) is 0 Å². The van der Waals surface area contributed by atoms with Crippen molar-refractivity contribution in [2.75, 3.05) is 0 Å². The Labute approximate surface area is 188 Å². The molecule has 5 heteroatoms. The zero-order valence-electron chi connectivity index (χ0n) is 18.6. The predicted molar refractivity (Wildman–Crippen MR) is 129 cm³/mol. The van der Waals surface area contributed by atoms with Gasteiger partial charge >= 0.3 is 0 Å². The first-order valence-corrected chi connectivity index (χ1v) is 11.2. The van der Waals surface area contributed by atoms with E-state index in [9.17, 15) is 9.90 Å². The van der Waals surface area contributed by atoms with Crippen molar-refractivity contribution in [2.45, 2.75) is 46.1 Å². The first-order chi connectivity index (χ1) is 15.5. The van der Waals surface area contributed by atoms with Crippen LogP contribution in [0.2, 0.25) is 0 Å². The second-order valence-electron chi connectivity index (χ2n) is 8.21. The Bertz CT molecular complexity index is 1260. The standard InChI is InChI=1S/C27H29N3O2/c1-3-4-9-24-26(23-15-12-20-7-5-6-8-22(20)29-23)25(27(28)32)18(2)30(24)17-16-19-10-13-21(31)14-11-19/h5-8,10-15,31H,3-4,9,16-17H2,1-2H3,(H2,28,32). The van der Waals surface area contributed by atoms with E-state index in [1.54, 1.807) is 12.1 Å². The maximum Gasteiger partial charge on any atom is 0.251 e. The highest BCUT2D eigenvalue weighted by Gasteiger charge is 2.25. The number of rotatable bonds is 8. The van der Waals surface area contributed by atoms with Gasteiger partial charge < -0.3 is 15.4 Å². The third-order valence-corrected chi connectivity index (χ3v) is 6.06. The number of benzene rings is 2. The molecule has 0 radical (unpaired) electrons. The summed E-state index contributed by atoms with van der Waals surface area (Å²) in [6.07, 6.45) is 3.71. The summed E-state index contributed by atoms with van der Waals surface area (Å²) in [5.41, 5.74) is 12.1. The van der Waals surface area contributed by atoms with Crippen molar-refractivity contribution in [3.8, 4) is 17.0 Å². The van der Waals surface area contributed by atoms with Crippen LogP contribution in [0.3, 0.4) is 0 Å². The first kappa shape index (κ1) is 21.6. The number of phenols is 1. The number of carbonyl (C=O) groups excluding carboxylic acids is 1. The number of aromatic hydroxyl groups is 1. The van der Waals surface area contributed by atoms with Gasteiger partial charge in [0.15, 0.2) is 0 Å². The molecule has 0 aliphatic rings. The van der Waals surface area contributed by atoms with Gasteiger partial charge in [-0.05, 0) is 56.0 Å². The van der Waals surface area contributed by atoms with Gasteiger partial charge in [-0.2, -0.15) is 0 Å². The molecule has 0 spiro atoms. The molecule has 4 rings (SSSR count). The quantitative estimate of drug-likeness (QED) is 0.395. The molecule has 0 saturated carbocycles. The molecule has 0 bridgehead atoms. The summed E-state index contributed by atoms with van der Waals surface area (Å²) in [4.78, 5) is 17.5. The summed E-state index contributed by atoms with van der Waals surface area (Å²) < 4.78 is 2.23. The Morgan fingerprint density at radius 2 is 1.78 bits per heavy atom. The highest BCUT2D eigenvalue weighted by molar-refractivity contribution is 6.02. The lowest BCUT2D eigenvalue weighted by atomic mass is 10.0. The van der Waals surface area contributed by atoms with E-state index < -0.39 is 5.91 Å². The van der Waals surface area contributed by atoms with Crippen molar-refractivity contribution in [3.05, 3.63) is 83.2 Å². The predicted octanol–water partition coefficient (Wildman–Crippen LogP) is 5.40. The van der Waals surface area contributed by atoms with E-state index in [1.165, 1.54) is 0 Å². The highest BCUT2D eigenvalue weighted by atomic mass is 16.3. The monoisotopic (exact) mass is 427 g/mol. The molecule has 0 unspecified atom stereocenters. The maximum atomic E-state index is 12.6. The van der Waals surface area contributed by atoms with Gasteiger partial charge in [0, 0.05) is 28.9 Å². The average Bonchev–Trinajstić information content (AvgIpc) is 3.08. The normalized spacial score (nSPS) is 11.2. The number of fused-ring (bicyclic) bond motifs is 1. The van der Waals surface area contributed by atoms with E-state index >= 15 is 0 Å². The van der Waals surface area contributed by atoms with Crippen molar-refractivity contribution < 1.29 is 9.90 Å².